The van der Waals surface area contributed by atoms with E-state index in [-0.39, 0.29) is 29.1 Å². The van der Waals surface area contributed by atoms with Gasteiger partial charge in [-0.15, -0.1) is 0 Å². The molecule has 10 nitrogen and oxygen atoms in total. The molecule has 3 aromatic rings. The molecule has 1 atom stereocenters. The van der Waals surface area contributed by atoms with Gasteiger partial charge in [-0.05, 0) is 13.0 Å². The van der Waals surface area contributed by atoms with Crippen LogP contribution in [-0.4, -0.2) is 33.1 Å². The van der Waals surface area contributed by atoms with Crippen LogP contribution in [-0.2, 0) is 16.1 Å². The van der Waals surface area contributed by atoms with Gasteiger partial charge in [-0.25, -0.2) is 4.79 Å². The van der Waals surface area contributed by atoms with E-state index >= 15 is 0 Å². The molecule has 1 N–H and O–H groups in total. The number of H-pyrrole nitrogens is 1. The number of carbonyl (C=O) groups is 1. The minimum Gasteiger partial charge on any atom is -0.449 e. The predicted molar refractivity (Wildman–Crippen MR) is 83.8 cm³/mol. The van der Waals surface area contributed by atoms with Crippen LogP contribution in [0.1, 0.15) is 35.1 Å². The summed E-state index contributed by atoms with van der Waals surface area (Å²) in [5.41, 5.74) is 0.346. The molecule has 130 valence electrons. The molecule has 0 aliphatic rings. The second-order valence-corrected chi connectivity index (χ2v) is 5.19. The molecule has 10 heteroatoms. The Labute approximate surface area is 140 Å². The molecule has 2 aromatic heterocycles. The summed E-state index contributed by atoms with van der Waals surface area (Å²) < 4.78 is 15.2. The summed E-state index contributed by atoms with van der Waals surface area (Å²) in [7, 11) is 1.49. The van der Waals surface area contributed by atoms with E-state index < -0.39 is 17.0 Å². The molecule has 0 aliphatic heterocycles. The second-order valence-electron chi connectivity index (χ2n) is 5.19. The van der Waals surface area contributed by atoms with Gasteiger partial charge in [-0.1, -0.05) is 11.2 Å². The van der Waals surface area contributed by atoms with Crippen LogP contribution in [0.15, 0.2) is 28.9 Å². The van der Waals surface area contributed by atoms with Crippen molar-refractivity contribution in [3.63, 3.8) is 0 Å². The Bertz CT molecular complexity index is 931. The zero-order valence-electron chi connectivity index (χ0n) is 13.4. The van der Waals surface area contributed by atoms with Crippen molar-refractivity contribution in [1.82, 2.24) is 15.1 Å². The zero-order chi connectivity index (χ0) is 18.0. The van der Waals surface area contributed by atoms with Crippen molar-refractivity contribution in [3.8, 4) is 0 Å². The van der Waals surface area contributed by atoms with E-state index in [1.165, 1.54) is 25.4 Å². The van der Waals surface area contributed by atoms with Crippen LogP contribution >= 0.6 is 0 Å². The fourth-order valence-corrected chi connectivity index (χ4v) is 2.37. The standard InChI is InChI=1S/C15H14N4O6/c1-8(14-17-12(7-23-2)18-25-14)24-15(20)9-6-16-10-4-3-5-11(13(9)10)19(21)22/h3-6,8,16H,7H2,1-2H3. The third kappa shape index (κ3) is 3.19. The van der Waals surface area contributed by atoms with Gasteiger partial charge in [0.1, 0.15) is 6.61 Å². The topological polar surface area (TPSA) is 133 Å². The first kappa shape index (κ1) is 16.6. The molecule has 0 saturated carbocycles. The number of aromatic nitrogens is 3. The summed E-state index contributed by atoms with van der Waals surface area (Å²) in [6, 6.07) is 4.49. The molecule has 1 aromatic carbocycles. The van der Waals surface area contributed by atoms with Crippen LogP contribution in [0.2, 0.25) is 0 Å². The van der Waals surface area contributed by atoms with E-state index in [0.29, 0.717) is 11.3 Å². The summed E-state index contributed by atoms with van der Waals surface area (Å²) >= 11 is 0. The number of hydrogen-bond donors (Lipinski definition) is 1. The van der Waals surface area contributed by atoms with Crippen molar-refractivity contribution in [1.29, 1.82) is 0 Å². The van der Waals surface area contributed by atoms with E-state index in [1.54, 1.807) is 13.0 Å². The number of fused-ring (bicyclic) bond motifs is 1. The number of nitro groups is 1. The molecule has 0 spiro atoms. The highest BCUT2D eigenvalue weighted by Gasteiger charge is 2.25. The van der Waals surface area contributed by atoms with E-state index in [9.17, 15) is 14.9 Å². The zero-order valence-corrected chi connectivity index (χ0v) is 13.4. The summed E-state index contributed by atoms with van der Waals surface area (Å²) in [4.78, 5) is 29.9. The number of nitrogens with zero attached hydrogens (tertiary/aromatic N) is 3. The van der Waals surface area contributed by atoms with Crippen molar-refractivity contribution < 1.29 is 23.7 Å². The van der Waals surface area contributed by atoms with Gasteiger partial charge in [0, 0.05) is 19.4 Å². The van der Waals surface area contributed by atoms with E-state index in [4.69, 9.17) is 14.0 Å². The number of esters is 1. The number of ether oxygens (including phenoxy) is 2. The van der Waals surface area contributed by atoms with Gasteiger partial charge >= 0.3 is 5.97 Å². The molecule has 0 aliphatic carbocycles. The molecule has 0 fully saturated rings. The first-order valence-corrected chi connectivity index (χ1v) is 7.28. The lowest BCUT2D eigenvalue weighted by atomic mass is 10.1. The number of benzene rings is 1. The minimum absolute atomic E-state index is 0.0609. The second kappa shape index (κ2) is 6.69. The van der Waals surface area contributed by atoms with E-state index in [0.717, 1.165) is 0 Å². The van der Waals surface area contributed by atoms with Crippen LogP contribution in [0.25, 0.3) is 10.9 Å². The monoisotopic (exact) mass is 346 g/mol. The quantitative estimate of drug-likeness (QED) is 0.409. The molecule has 1 unspecified atom stereocenters. The Kier molecular flexibility index (Phi) is 4.44. The highest BCUT2D eigenvalue weighted by Crippen LogP contribution is 2.30. The van der Waals surface area contributed by atoms with Crippen LogP contribution in [0.5, 0.6) is 0 Å². The van der Waals surface area contributed by atoms with E-state index in [2.05, 4.69) is 15.1 Å². The lowest BCUT2D eigenvalue weighted by Gasteiger charge is -2.08. The fourth-order valence-electron chi connectivity index (χ4n) is 2.37. The van der Waals surface area contributed by atoms with Crippen molar-refractivity contribution in [2.24, 2.45) is 0 Å². The smallest absolute Gasteiger partial charge is 0.341 e. The highest BCUT2D eigenvalue weighted by atomic mass is 16.6. The Balaban J connectivity index is 1.85. The SMILES string of the molecule is COCc1noc(C(C)OC(=O)c2c[nH]c3cccc([N+](=O)[O-])c23)n1. The van der Waals surface area contributed by atoms with Gasteiger partial charge in [0.15, 0.2) is 11.9 Å². The normalized spacial score (nSPS) is 12.2. The Morgan fingerprint density at radius 1 is 1.48 bits per heavy atom. The average Bonchev–Trinajstić information content (AvgIpc) is 3.21. The number of aromatic amines is 1. The predicted octanol–water partition coefficient (Wildman–Crippen LogP) is 2.52. The summed E-state index contributed by atoms with van der Waals surface area (Å²) in [6.07, 6.45) is 0.551. The maximum atomic E-state index is 12.4. The van der Waals surface area contributed by atoms with Gasteiger partial charge < -0.3 is 19.0 Å². The maximum absolute atomic E-state index is 12.4. The number of nitrogens with one attached hydrogen (secondary N) is 1. The Morgan fingerprint density at radius 2 is 2.28 bits per heavy atom. The van der Waals surface area contributed by atoms with Crippen molar-refractivity contribution in [3.05, 3.63) is 51.8 Å². The third-order valence-corrected chi connectivity index (χ3v) is 3.49. The van der Waals surface area contributed by atoms with Crippen LogP contribution in [0.3, 0.4) is 0 Å². The molecule has 3 rings (SSSR count). The molecule has 25 heavy (non-hydrogen) atoms. The number of hydrogen-bond acceptors (Lipinski definition) is 8. The molecule has 2 heterocycles. The number of carbonyl (C=O) groups excluding carboxylic acids is 1. The first-order valence-electron chi connectivity index (χ1n) is 7.28. The Hall–Kier alpha value is -3.27. The number of non-ortho nitro benzene ring substituents is 1. The van der Waals surface area contributed by atoms with Crippen molar-refractivity contribution >= 4 is 22.6 Å². The van der Waals surface area contributed by atoms with Gasteiger partial charge in [-0.2, -0.15) is 4.98 Å². The molecule has 0 bridgehead atoms. The highest BCUT2D eigenvalue weighted by molar-refractivity contribution is 6.07. The fraction of sp³-hybridized carbons (Fsp3) is 0.267. The molecule has 0 radical (unpaired) electrons. The van der Waals surface area contributed by atoms with Gasteiger partial charge in [-0.3, -0.25) is 10.1 Å². The molecule has 0 saturated heterocycles. The lowest BCUT2D eigenvalue weighted by molar-refractivity contribution is -0.383. The maximum Gasteiger partial charge on any atom is 0.341 e. The van der Waals surface area contributed by atoms with Crippen molar-refractivity contribution in [2.45, 2.75) is 19.6 Å². The molecular formula is C15H14N4O6. The minimum atomic E-state index is -0.821. The van der Waals surface area contributed by atoms with Crippen LogP contribution in [0, 0.1) is 10.1 Å². The number of rotatable bonds is 6. The van der Waals surface area contributed by atoms with Crippen LogP contribution in [0.4, 0.5) is 5.69 Å². The van der Waals surface area contributed by atoms with Gasteiger partial charge in [0.2, 0.25) is 0 Å². The average molecular weight is 346 g/mol. The summed E-state index contributed by atoms with van der Waals surface area (Å²) in [5, 5.41) is 15.1. The summed E-state index contributed by atoms with van der Waals surface area (Å²) in [6.45, 7) is 1.73. The number of nitro benzene ring substituents is 1. The number of methoxy groups -OCH3 is 1. The van der Waals surface area contributed by atoms with Crippen molar-refractivity contribution in [2.75, 3.05) is 7.11 Å². The largest absolute Gasteiger partial charge is 0.449 e. The molecule has 0 amide bonds. The molecular weight excluding hydrogens is 332 g/mol. The van der Waals surface area contributed by atoms with E-state index in [1.807, 2.05) is 0 Å². The van der Waals surface area contributed by atoms with Gasteiger partial charge in [0.05, 0.1) is 21.4 Å². The van der Waals surface area contributed by atoms with Crippen LogP contribution < -0.4 is 0 Å². The Morgan fingerprint density at radius 3 is 3.00 bits per heavy atom. The first-order chi connectivity index (χ1) is 12.0. The lowest BCUT2D eigenvalue weighted by Crippen LogP contribution is -2.09. The van der Waals surface area contributed by atoms with Gasteiger partial charge in [0.25, 0.3) is 11.6 Å². The summed E-state index contributed by atoms with van der Waals surface area (Å²) in [5.74, 6) is -0.308. The third-order valence-electron chi connectivity index (χ3n) is 3.49.